The van der Waals surface area contributed by atoms with E-state index in [2.05, 4.69) is 10.2 Å². The number of rotatable bonds is 8. The molecule has 0 aromatic rings. The molecule has 0 rings (SSSR count). The molecule has 0 aromatic carbocycles. The topological polar surface area (TPSA) is 147 Å². The van der Waals surface area contributed by atoms with Gasteiger partial charge in [0, 0.05) is 12.8 Å². The van der Waals surface area contributed by atoms with Crippen LogP contribution in [-0.2, 0) is 9.59 Å². The van der Waals surface area contributed by atoms with Crippen molar-refractivity contribution in [3.8, 4) is 12.1 Å². The zero-order valence-corrected chi connectivity index (χ0v) is 14.9. The van der Waals surface area contributed by atoms with Crippen LogP contribution in [0.4, 0.5) is 0 Å². The molecule has 8 nitrogen and oxygen atoms in total. The smallest absolute Gasteiger partial charge is 0.309 e. The predicted molar refractivity (Wildman–Crippen MR) is 85.0 cm³/mol. The highest BCUT2D eigenvalue weighted by atomic mass is 16.4. The van der Waals surface area contributed by atoms with Crippen molar-refractivity contribution < 1.29 is 19.8 Å². The van der Waals surface area contributed by atoms with Gasteiger partial charge < -0.3 is 10.2 Å². The van der Waals surface area contributed by atoms with Crippen molar-refractivity contribution in [2.45, 2.75) is 65.5 Å². The van der Waals surface area contributed by atoms with Gasteiger partial charge in [0.05, 0.1) is 23.0 Å². The SMILES string of the molecule is CC(C#N)(CC(C)(C)C(=O)O)N=NC(C)(C#N)CC(C)(C)C(=O)O. The van der Waals surface area contributed by atoms with E-state index in [1.807, 2.05) is 12.1 Å². The van der Waals surface area contributed by atoms with Crippen molar-refractivity contribution in [2.24, 2.45) is 21.1 Å². The molecule has 24 heavy (non-hydrogen) atoms. The van der Waals surface area contributed by atoms with Crippen molar-refractivity contribution in [1.29, 1.82) is 10.5 Å². The van der Waals surface area contributed by atoms with Crippen molar-refractivity contribution in [1.82, 2.24) is 0 Å². The molecule has 0 aliphatic heterocycles. The van der Waals surface area contributed by atoms with Gasteiger partial charge >= 0.3 is 11.9 Å². The van der Waals surface area contributed by atoms with Crippen LogP contribution >= 0.6 is 0 Å². The standard InChI is InChI=1S/C16H24N4O4/c1-13(2,11(21)22)7-15(5,9-17)19-20-16(6,10-18)8-14(3,4)12(23)24/h7-8H2,1-6H3,(H,21,22)(H,23,24). The number of hydrogen-bond acceptors (Lipinski definition) is 6. The van der Waals surface area contributed by atoms with E-state index in [-0.39, 0.29) is 12.8 Å². The highest BCUT2D eigenvalue weighted by molar-refractivity contribution is 5.74. The van der Waals surface area contributed by atoms with Crippen LogP contribution in [0.5, 0.6) is 0 Å². The molecule has 0 radical (unpaired) electrons. The summed E-state index contributed by atoms with van der Waals surface area (Å²) in [5.74, 6) is -2.15. The maximum Gasteiger partial charge on any atom is 0.309 e. The Hall–Kier alpha value is -2.48. The summed E-state index contributed by atoms with van der Waals surface area (Å²) in [5.41, 5.74) is -5.28. The van der Waals surface area contributed by atoms with Crippen LogP contribution < -0.4 is 0 Å². The maximum atomic E-state index is 11.2. The van der Waals surface area contributed by atoms with Gasteiger partial charge in [-0.25, -0.2) is 0 Å². The van der Waals surface area contributed by atoms with Gasteiger partial charge in [-0.3, -0.25) is 9.59 Å². The predicted octanol–water partition coefficient (Wildman–Crippen LogP) is 3.00. The van der Waals surface area contributed by atoms with E-state index in [0.29, 0.717) is 0 Å². The number of carboxylic acid groups (broad SMARTS) is 2. The summed E-state index contributed by atoms with van der Waals surface area (Å²) in [6.07, 6.45) is -0.196. The van der Waals surface area contributed by atoms with Gasteiger partial charge in [0.25, 0.3) is 0 Å². The van der Waals surface area contributed by atoms with Crippen molar-refractivity contribution in [2.75, 3.05) is 0 Å². The number of carbonyl (C=O) groups is 2. The van der Waals surface area contributed by atoms with Gasteiger partial charge in [-0.2, -0.15) is 20.8 Å². The summed E-state index contributed by atoms with van der Waals surface area (Å²) < 4.78 is 0. The molecule has 8 heteroatoms. The Labute approximate surface area is 141 Å². The minimum absolute atomic E-state index is 0.0981. The average molecular weight is 336 g/mol. The fraction of sp³-hybridized carbons (Fsp3) is 0.750. The Balaban J connectivity index is 5.57. The van der Waals surface area contributed by atoms with Crippen LogP contribution in [-0.4, -0.2) is 33.2 Å². The molecule has 0 aliphatic carbocycles. The van der Waals surface area contributed by atoms with Crippen LogP contribution in [0.25, 0.3) is 0 Å². The minimum Gasteiger partial charge on any atom is -0.481 e. The largest absolute Gasteiger partial charge is 0.481 e. The summed E-state index contributed by atoms with van der Waals surface area (Å²) in [6, 6.07) is 3.84. The lowest BCUT2D eigenvalue weighted by Gasteiger charge is -2.28. The second-order valence-corrected chi connectivity index (χ2v) is 7.70. The highest BCUT2D eigenvalue weighted by Crippen LogP contribution is 2.34. The van der Waals surface area contributed by atoms with E-state index in [4.69, 9.17) is 0 Å². The zero-order valence-electron chi connectivity index (χ0n) is 14.9. The molecule has 0 bridgehead atoms. The molecule has 0 saturated heterocycles. The molecular formula is C16H24N4O4. The molecule has 2 N–H and O–H groups in total. The second-order valence-electron chi connectivity index (χ2n) is 7.70. The lowest BCUT2D eigenvalue weighted by molar-refractivity contribution is -0.148. The van der Waals surface area contributed by atoms with Gasteiger partial charge in [0.1, 0.15) is 0 Å². The first-order chi connectivity index (χ1) is 10.6. The molecule has 0 spiro atoms. The first-order valence-electron chi connectivity index (χ1n) is 7.36. The summed E-state index contributed by atoms with van der Waals surface area (Å²) in [6.45, 7) is 8.74. The molecule has 2 atom stereocenters. The zero-order chi connectivity index (χ0) is 19.4. The molecule has 0 fully saturated rings. The average Bonchev–Trinajstić information content (AvgIpc) is 2.44. The summed E-state index contributed by atoms with van der Waals surface area (Å²) >= 11 is 0. The van der Waals surface area contributed by atoms with E-state index in [1.165, 1.54) is 41.5 Å². The van der Waals surface area contributed by atoms with Crippen LogP contribution in [0, 0.1) is 33.5 Å². The molecule has 0 saturated carbocycles. The van der Waals surface area contributed by atoms with E-state index < -0.39 is 33.8 Å². The second kappa shape index (κ2) is 6.96. The maximum absolute atomic E-state index is 11.2. The number of carboxylic acids is 2. The number of hydrogen-bond donors (Lipinski definition) is 2. The molecule has 2 unspecified atom stereocenters. The molecule has 0 aliphatic rings. The lowest BCUT2D eigenvalue weighted by Crippen LogP contribution is -2.36. The first-order valence-corrected chi connectivity index (χ1v) is 7.36. The normalized spacial score (nSPS) is 17.3. The summed E-state index contributed by atoms with van der Waals surface area (Å²) in [4.78, 5) is 22.5. The van der Waals surface area contributed by atoms with Crippen LogP contribution in [0.15, 0.2) is 10.2 Å². The highest BCUT2D eigenvalue weighted by Gasteiger charge is 2.41. The fourth-order valence-electron chi connectivity index (χ4n) is 2.29. The van der Waals surface area contributed by atoms with Gasteiger partial charge in [0.15, 0.2) is 11.1 Å². The Morgan fingerprint density at radius 3 is 1.21 bits per heavy atom. The number of aliphatic carboxylic acids is 2. The third-order valence-corrected chi connectivity index (χ3v) is 3.70. The van der Waals surface area contributed by atoms with Crippen LogP contribution in [0.1, 0.15) is 54.4 Å². The Morgan fingerprint density at radius 2 is 1.04 bits per heavy atom. The summed E-state index contributed by atoms with van der Waals surface area (Å²) in [7, 11) is 0. The van der Waals surface area contributed by atoms with Crippen LogP contribution in [0.2, 0.25) is 0 Å². The monoisotopic (exact) mass is 336 g/mol. The number of azo groups is 1. The molecule has 0 aromatic heterocycles. The van der Waals surface area contributed by atoms with Crippen molar-refractivity contribution >= 4 is 11.9 Å². The van der Waals surface area contributed by atoms with E-state index in [9.17, 15) is 30.3 Å². The Bertz CT molecular complexity index is 573. The molecule has 132 valence electrons. The molecule has 0 heterocycles. The van der Waals surface area contributed by atoms with Crippen LogP contribution in [0.3, 0.4) is 0 Å². The Morgan fingerprint density at radius 1 is 0.792 bits per heavy atom. The van der Waals surface area contributed by atoms with E-state index >= 15 is 0 Å². The third-order valence-electron chi connectivity index (χ3n) is 3.70. The molecule has 0 amide bonds. The lowest BCUT2D eigenvalue weighted by atomic mass is 9.79. The Kier molecular flexibility index (Phi) is 6.24. The van der Waals surface area contributed by atoms with Gasteiger partial charge in [-0.1, -0.05) is 0 Å². The minimum atomic E-state index is -1.44. The van der Waals surface area contributed by atoms with Crippen molar-refractivity contribution in [3.63, 3.8) is 0 Å². The van der Waals surface area contributed by atoms with Gasteiger partial charge in [-0.05, 0) is 41.5 Å². The fourth-order valence-corrected chi connectivity index (χ4v) is 2.29. The number of nitriles is 2. The van der Waals surface area contributed by atoms with E-state index in [1.54, 1.807) is 0 Å². The van der Waals surface area contributed by atoms with Crippen molar-refractivity contribution in [3.05, 3.63) is 0 Å². The van der Waals surface area contributed by atoms with Gasteiger partial charge in [0.2, 0.25) is 0 Å². The van der Waals surface area contributed by atoms with E-state index in [0.717, 1.165) is 0 Å². The quantitative estimate of drug-likeness (QED) is 0.651. The third kappa shape index (κ3) is 5.62. The number of nitrogens with zero attached hydrogens (tertiary/aromatic N) is 4. The molecular weight excluding hydrogens is 312 g/mol. The summed E-state index contributed by atoms with van der Waals surface area (Å²) in [5, 5.41) is 44.9. The first kappa shape index (κ1) is 21.5. The van der Waals surface area contributed by atoms with Gasteiger partial charge in [-0.15, -0.1) is 0 Å².